The molecule has 0 bridgehead atoms. The van der Waals surface area contributed by atoms with Crippen molar-refractivity contribution in [1.29, 1.82) is 0 Å². The molecule has 0 unspecified atom stereocenters. The maximum Gasteiger partial charge on any atom is 0.265 e. The summed E-state index contributed by atoms with van der Waals surface area (Å²) >= 11 is 6.04. The monoisotopic (exact) mass is 494 g/mol. The summed E-state index contributed by atoms with van der Waals surface area (Å²) in [6.07, 6.45) is -0.237. The fourth-order valence-corrected chi connectivity index (χ4v) is 4.73. The van der Waals surface area contributed by atoms with Crippen LogP contribution < -0.4 is 14.8 Å². The van der Waals surface area contributed by atoms with Gasteiger partial charge in [0.15, 0.2) is 6.10 Å². The number of amides is 1. The molecule has 174 valence electrons. The summed E-state index contributed by atoms with van der Waals surface area (Å²) in [6, 6.07) is 26.1. The van der Waals surface area contributed by atoms with E-state index in [-0.39, 0.29) is 16.5 Å². The molecule has 0 spiro atoms. The van der Waals surface area contributed by atoms with Gasteiger partial charge in [-0.25, -0.2) is 8.42 Å². The average molecular weight is 495 g/mol. The first-order chi connectivity index (χ1) is 16.4. The number of hydrogen-bond donors (Lipinski definition) is 2. The van der Waals surface area contributed by atoms with Gasteiger partial charge < -0.3 is 10.1 Å². The molecule has 0 aromatic heterocycles. The molecule has 0 aliphatic rings. The largest absolute Gasteiger partial charge is 0.481 e. The minimum absolute atomic E-state index is 0.0462. The molecule has 2 N–H and O–H groups in total. The third-order valence-electron chi connectivity index (χ3n) is 5.21. The van der Waals surface area contributed by atoms with Crippen molar-refractivity contribution in [1.82, 2.24) is 0 Å². The highest BCUT2D eigenvalue weighted by molar-refractivity contribution is 7.92. The first-order valence-corrected chi connectivity index (χ1v) is 12.6. The van der Waals surface area contributed by atoms with E-state index in [1.807, 2.05) is 49.4 Å². The molecular weight excluding hydrogens is 472 g/mol. The van der Waals surface area contributed by atoms with E-state index in [4.69, 9.17) is 16.3 Å². The van der Waals surface area contributed by atoms with Crippen molar-refractivity contribution in [3.8, 4) is 5.75 Å². The predicted molar refractivity (Wildman–Crippen MR) is 136 cm³/mol. The van der Waals surface area contributed by atoms with Gasteiger partial charge >= 0.3 is 0 Å². The standard InChI is InChI=1S/C26H23ClN2O4S/c1-2-25(33-21-14-11-18-7-3-4-8-19(18)17-21)26(30)28-20-12-15-22(16-13-20)34(31,32)29-24-10-6-5-9-23(24)27/h3-17,25,29H,2H2,1H3,(H,28,30)/t25-/m1/s1. The zero-order valence-corrected chi connectivity index (χ0v) is 19.9. The van der Waals surface area contributed by atoms with E-state index in [2.05, 4.69) is 10.0 Å². The lowest BCUT2D eigenvalue weighted by Crippen LogP contribution is -2.32. The molecule has 34 heavy (non-hydrogen) atoms. The van der Waals surface area contributed by atoms with E-state index in [1.165, 1.54) is 24.3 Å². The Hall–Kier alpha value is -3.55. The van der Waals surface area contributed by atoms with Crippen molar-refractivity contribution >= 4 is 49.7 Å². The van der Waals surface area contributed by atoms with Crippen LogP contribution in [0.25, 0.3) is 10.8 Å². The highest BCUT2D eigenvalue weighted by Gasteiger charge is 2.20. The first kappa shape index (κ1) is 23.6. The minimum Gasteiger partial charge on any atom is -0.481 e. The van der Waals surface area contributed by atoms with E-state index < -0.39 is 16.1 Å². The number of benzene rings is 4. The molecule has 4 aromatic rings. The Morgan fingerprint density at radius 2 is 1.59 bits per heavy atom. The Bertz CT molecular complexity index is 1420. The molecule has 0 saturated heterocycles. The number of carbonyl (C=O) groups excluding carboxylic acids is 1. The molecule has 1 atom stereocenters. The third-order valence-corrected chi connectivity index (χ3v) is 6.92. The van der Waals surface area contributed by atoms with Crippen LogP contribution >= 0.6 is 11.6 Å². The van der Waals surface area contributed by atoms with Gasteiger partial charge in [-0.15, -0.1) is 0 Å². The van der Waals surface area contributed by atoms with Gasteiger partial charge in [0.05, 0.1) is 15.6 Å². The van der Waals surface area contributed by atoms with E-state index in [0.717, 1.165) is 10.8 Å². The quantitative estimate of drug-likeness (QED) is 0.310. The summed E-state index contributed by atoms with van der Waals surface area (Å²) < 4.78 is 33.7. The zero-order valence-electron chi connectivity index (χ0n) is 18.4. The molecule has 0 saturated carbocycles. The van der Waals surface area contributed by atoms with Crippen molar-refractivity contribution in [3.63, 3.8) is 0 Å². The van der Waals surface area contributed by atoms with Crippen LogP contribution in [0.1, 0.15) is 13.3 Å². The van der Waals surface area contributed by atoms with E-state index in [1.54, 1.807) is 24.3 Å². The lowest BCUT2D eigenvalue weighted by Gasteiger charge is -2.18. The van der Waals surface area contributed by atoms with Gasteiger partial charge in [0, 0.05) is 5.69 Å². The van der Waals surface area contributed by atoms with Crippen LogP contribution in [0.3, 0.4) is 0 Å². The number of rotatable bonds is 8. The summed E-state index contributed by atoms with van der Waals surface area (Å²) in [5, 5.41) is 5.20. The van der Waals surface area contributed by atoms with Crippen molar-refractivity contribution in [2.24, 2.45) is 0 Å². The van der Waals surface area contributed by atoms with Crippen LogP contribution in [0.4, 0.5) is 11.4 Å². The fourth-order valence-electron chi connectivity index (χ4n) is 3.42. The number of ether oxygens (including phenoxy) is 1. The first-order valence-electron chi connectivity index (χ1n) is 10.7. The van der Waals surface area contributed by atoms with Gasteiger partial charge in [-0.2, -0.15) is 0 Å². The van der Waals surface area contributed by atoms with Crippen LogP contribution in [-0.2, 0) is 14.8 Å². The SMILES string of the molecule is CC[C@@H](Oc1ccc2ccccc2c1)C(=O)Nc1ccc(S(=O)(=O)Nc2ccccc2Cl)cc1. The summed E-state index contributed by atoms with van der Waals surface area (Å²) in [4.78, 5) is 12.8. The smallest absolute Gasteiger partial charge is 0.265 e. The van der Waals surface area contributed by atoms with Crippen LogP contribution in [0, 0.1) is 0 Å². The number of halogens is 1. The summed E-state index contributed by atoms with van der Waals surface area (Å²) in [7, 11) is -3.83. The van der Waals surface area contributed by atoms with E-state index in [9.17, 15) is 13.2 Å². The second-order valence-electron chi connectivity index (χ2n) is 7.62. The number of hydrogen-bond acceptors (Lipinski definition) is 4. The molecule has 0 fully saturated rings. The van der Waals surface area contributed by atoms with Gasteiger partial charge in [0.25, 0.3) is 15.9 Å². The summed E-state index contributed by atoms with van der Waals surface area (Å²) in [5.41, 5.74) is 0.750. The highest BCUT2D eigenvalue weighted by Crippen LogP contribution is 2.25. The average Bonchev–Trinajstić information content (AvgIpc) is 2.84. The Morgan fingerprint density at radius 1 is 0.912 bits per heavy atom. The molecule has 1 amide bonds. The number of anilines is 2. The number of sulfonamides is 1. The van der Waals surface area contributed by atoms with Gasteiger partial charge in [-0.1, -0.05) is 61.0 Å². The minimum atomic E-state index is -3.83. The van der Waals surface area contributed by atoms with E-state index in [0.29, 0.717) is 22.9 Å². The van der Waals surface area contributed by atoms with Crippen LogP contribution in [0.5, 0.6) is 5.75 Å². The molecule has 0 heterocycles. The molecule has 4 rings (SSSR count). The third kappa shape index (κ3) is 5.50. The van der Waals surface area contributed by atoms with Crippen LogP contribution in [0.15, 0.2) is 95.9 Å². The van der Waals surface area contributed by atoms with Crippen LogP contribution in [-0.4, -0.2) is 20.4 Å². The summed E-state index contributed by atoms with van der Waals surface area (Å²) in [5.74, 6) is 0.285. The molecular formula is C26H23ClN2O4S. The van der Waals surface area contributed by atoms with Crippen molar-refractivity contribution in [2.75, 3.05) is 10.0 Å². The van der Waals surface area contributed by atoms with Crippen molar-refractivity contribution < 1.29 is 17.9 Å². The van der Waals surface area contributed by atoms with E-state index >= 15 is 0 Å². The molecule has 8 heteroatoms. The predicted octanol–water partition coefficient (Wildman–Crippen LogP) is 6.09. The van der Waals surface area contributed by atoms with Gasteiger partial charge in [0.1, 0.15) is 5.75 Å². The fraction of sp³-hybridized carbons (Fsp3) is 0.115. The Labute approximate surface area is 203 Å². The lowest BCUT2D eigenvalue weighted by molar-refractivity contribution is -0.122. The van der Waals surface area contributed by atoms with Crippen molar-refractivity contribution in [2.45, 2.75) is 24.3 Å². The van der Waals surface area contributed by atoms with Gasteiger partial charge in [0.2, 0.25) is 0 Å². The second kappa shape index (κ2) is 10.2. The highest BCUT2D eigenvalue weighted by atomic mass is 35.5. The topological polar surface area (TPSA) is 84.5 Å². The molecule has 0 radical (unpaired) electrons. The number of fused-ring (bicyclic) bond motifs is 1. The number of nitrogens with one attached hydrogen (secondary N) is 2. The molecule has 6 nitrogen and oxygen atoms in total. The number of para-hydroxylation sites is 1. The Morgan fingerprint density at radius 3 is 2.29 bits per heavy atom. The van der Waals surface area contributed by atoms with Gasteiger partial charge in [-0.3, -0.25) is 9.52 Å². The summed E-state index contributed by atoms with van der Waals surface area (Å²) in [6.45, 7) is 1.86. The molecule has 0 aliphatic carbocycles. The Balaban J connectivity index is 1.43. The maximum absolute atomic E-state index is 12.8. The zero-order chi connectivity index (χ0) is 24.1. The van der Waals surface area contributed by atoms with Crippen LogP contribution in [0.2, 0.25) is 5.02 Å². The molecule has 0 aliphatic heterocycles. The normalized spacial score (nSPS) is 12.2. The number of carbonyl (C=O) groups is 1. The lowest BCUT2D eigenvalue weighted by atomic mass is 10.1. The Kier molecular flexibility index (Phi) is 7.05. The second-order valence-corrected chi connectivity index (χ2v) is 9.71. The van der Waals surface area contributed by atoms with Crippen molar-refractivity contribution in [3.05, 3.63) is 96.0 Å². The maximum atomic E-state index is 12.8. The molecule has 4 aromatic carbocycles. The van der Waals surface area contributed by atoms with Gasteiger partial charge in [-0.05, 0) is 65.7 Å².